The summed E-state index contributed by atoms with van der Waals surface area (Å²) in [5, 5.41) is 9.73. The van der Waals surface area contributed by atoms with Crippen molar-refractivity contribution >= 4 is 5.69 Å². The lowest BCUT2D eigenvalue weighted by Crippen LogP contribution is -2.31. The van der Waals surface area contributed by atoms with E-state index in [1.165, 1.54) is 31.5 Å². The van der Waals surface area contributed by atoms with Crippen molar-refractivity contribution in [1.29, 1.82) is 0 Å². The van der Waals surface area contributed by atoms with Gasteiger partial charge < -0.3 is 10.0 Å². The van der Waals surface area contributed by atoms with E-state index < -0.39 is 0 Å². The molecule has 0 aromatic heterocycles. The molecule has 3 rings (SSSR count). The third-order valence-electron chi connectivity index (χ3n) is 3.80. The number of nitrogens with zero attached hydrogens (tertiary/aromatic N) is 1. The highest BCUT2D eigenvalue weighted by Gasteiger charge is 2.26. The molecule has 1 aliphatic heterocycles. The zero-order valence-electron chi connectivity index (χ0n) is 8.95. The van der Waals surface area contributed by atoms with E-state index in [-0.39, 0.29) is 0 Å². The van der Waals surface area contributed by atoms with Gasteiger partial charge in [-0.05, 0) is 37.3 Å². The van der Waals surface area contributed by atoms with Crippen molar-refractivity contribution in [3.63, 3.8) is 0 Å². The van der Waals surface area contributed by atoms with Crippen LogP contribution in [0.2, 0.25) is 0 Å². The van der Waals surface area contributed by atoms with Gasteiger partial charge in [-0.1, -0.05) is 12.5 Å². The van der Waals surface area contributed by atoms with Crippen LogP contribution in [-0.4, -0.2) is 18.2 Å². The number of anilines is 1. The van der Waals surface area contributed by atoms with Crippen molar-refractivity contribution in [2.24, 2.45) is 5.92 Å². The minimum atomic E-state index is 0.476. The molecule has 1 aliphatic carbocycles. The minimum Gasteiger partial charge on any atom is -0.508 e. The van der Waals surface area contributed by atoms with Crippen LogP contribution in [0.5, 0.6) is 5.75 Å². The highest BCUT2D eigenvalue weighted by atomic mass is 16.3. The largest absolute Gasteiger partial charge is 0.508 e. The Hall–Kier alpha value is -1.18. The Balaban J connectivity index is 1.81. The third kappa shape index (κ3) is 1.48. The molecule has 1 aromatic rings. The van der Waals surface area contributed by atoms with Crippen LogP contribution in [0.3, 0.4) is 0 Å². The van der Waals surface area contributed by atoms with Gasteiger partial charge in [-0.15, -0.1) is 0 Å². The van der Waals surface area contributed by atoms with Gasteiger partial charge in [-0.25, -0.2) is 0 Å². The number of rotatable bonds is 2. The molecule has 2 heteroatoms. The Kier molecular flexibility index (Phi) is 2.08. The number of phenolic OH excluding ortho intramolecular Hbond substituents is 1. The zero-order valence-corrected chi connectivity index (χ0v) is 8.95. The molecule has 0 radical (unpaired) electrons. The van der Waals surface area contributed by atoms with E-state index in [0.717, 1.165) is 24.4 Å². The smallest absolute Gasteiger partial charge is 0.120 e. The molecular weight excluding hydrogens is 186 g/mol. The topological polar surface area (TPSA) is 23.5 Å². The summed E-state index contributed by atoms with van der Waals surface area (Å²) in [6.45, 7) is 2.28. The standard InChI is InChI=1S/C13H17NO/c15-13-6-2-5-12-11(13)7-8-14(12)9-10-3-1-4-10/h2,5-6,10,15H,1,3-4,7-9H2. The van der Waals surface area contributed by atoms with Gasteiger partial charge in [0.05, 0.1) is 0 Å². The second kappa shape index (κ2) is 3.44. The maximum Gasteiger partial charge on any atom is 0.120 e. The number of hydrogen-bond acceptors (Lipinski definition) is 2. The lowest BCUT2D eigenvalue weighted by molar-refractivity contribution is 0.319. The second-order valence-electron chi connectivity index (χ2n) is 4.77. The van der Waals surface area contributed by atoms with E-state index in [1.807, 2.05) is 6.07 Å². The molecule has 80 valence electrons. The van der Waals surface area contributed by atoms with Gasteiger partial charge in [0.15, 0.2) is 0 Å². The number of benzene rings is 1. The predicted octanol–water partition coefficient (Wildman–Crippen LogP) is 2.55. The van der Waals surface area contributed by atoms with Crippen molar-refractivity contribution < 1.29 is 5.11 Å². The molecule has 2 aliphatic rings. The van der Waals surface area contributed by atoms with Crippen molar-refractivity contribution in [2.45, 2.75) is 25.7 Å². The first-order valence-electron chi connectivity index (χ1n) is 5.90. The Morgan fingerprint density at radius 2 is 2.20 bits per heavy atom. The van der Waals surface area contributed by atoms with Gasteiger partial charge in [0, 0.05) is 24.3 Å². The molecule has 1 saturated carbocycles. The third-order valence-corrected chi connectivity index (χ3v) is 3.80. The van der Waals surface area contributed by atoms with Gasteiger partial charge in [0.25, 0.3) is 0 Å². The fraction of sp³-hybridized carbons (Fsp3) is 0.538. The Morgan fingerprint density at radius 1 is 1.33 bits per heavy atom. The van der Waals surface area contributed by atoms with E-state index in [4.69, 9.17) is 0 Å². The molecule has 0 spiro atoms. The van der Waals surface area contributed by atoms with Crippen LogP contribution in [0.4, 0.5) is 5.69 Å². The van der Waals surface area contributed by atoms with Crippen molar-refractivity contribution in [1.82, 2.24) is 0 Å². The molecule has 1 aromatic carbocycles. The average molecular weight is 203 g/mol. The van der Waals surface area contributed by atoms with Gasteiger partial charge in [-0.3, -0.25) is 0 Å². The maximum absolute atomic E-state index is 9.73. The molecule has 0 saturated heterocycles. The summed E-state index contributed by atoms with van der Waals surface area (Å²) in [5.41, 5.74) is 2.42. The monoisotopic (exact) mass is 203 g/mol. The van der Waals surface area contributed by atoms with Crippen molar-refractivity contribution in [3.8, 4) is 5.75 Å². The van der Waals surface area contributed by atoms with Crippen molar-refractivity contribution in [2.75, 3.05) is 18.0 Å². The average Bonchev–Trinajstić information content (AvgIpc) is 2.56. The van der Waals surface area contributed by atoms with Crippen LogP contribution in [-0.2, 0) is 6.42 Å². The first-order chi connectivity index (χ1) is 7.34. The number of hydrogen-bond donors (Lipinski definition) is 1. The summed E-state index contributed by atoms with van der Waals surface area (Å²) in [6.07, 6.45) is 5.20. The first kappa shape index (κ1) is 9.08. The molecule has 15 heavy (non-hydrogen) atoms. The van der Waals surface area contributed by atoms with Crippen LogP contribution >= 0.6 is 0 Å². The fourth-order valence-corrected chi connectivity index (χ4v) is 2.66. The Labute approximate surface area is 90.5 Å². The van der Waals surface area contributed by atoms with Crippen LogP contribution in [0.25, 0.3) is 0 Å². The lowest BCUT2D eigenvalue weighted by atomic mass is 9.85. The molecule has 0 unspecified atom stereocenters. The molecule has 0 bridgehead atoms. The molecule has 1 fully saturated rings. The molecule has 1 N–H and O–H groups in total. The summed E-state index contributed by atoms with van der Waals surface area (Å²) in [4.78, 5) is 2.44. The fourth-order valence-electron chi connectivity index (χ4n) is 2.66. The van der Waals surface area contributed by atoms with Gasteiger partial charge in [-0.2, -0.15) is 0 Å². The Morgan fingerprint density at radius 3 is 2.93 bits per heavy atom. The Bertz CT molecular complexity index is 371. The molecule has 0 amide bonds. The van der Waals surface area contributed by atoms with E-state index in [1.54, 1.807) is 6.07 Å². The van der Waals surface area contributed by atoms with Crippen LogP contribution in [0, 0.1) is 5.92 Å². The zero-order chi connectivity index (χ0) is 10.3. The van der Waals surface area contributed by atoms with Crippen LogP contribution < -0.4 is 4.90 Å². The number of fused-ring (bicyclic) bond motifs is 1. The number of aromatic hydroxyl groups is 1. The SMILES string of the molecule is Oc1cccc2c1CCN2CC1CCC1. The normalized spacial score (nSPS) is 20.1. The first-order valence-corrected chi connectivity index (χ1v) is 5.90. The molecule has 1 heterocycles. The van der Waals surface area contributed by atoms with E-state index in [2.05, 4.69) is 11.0 Å². The molecule has 2 nitrogen and oxygen atoms in total. The van der Waals surface area contributed by atoms with Gasteiger partial charge in [0.1, 0.15) is 5.75 Å². The summed E-state index contributed by atoms with van der Waals surface area (Å²) < 4.78 is 0. The van der Waals surface area contributed by atoms with Crippen LogP contribution in [0.1, 0.15) is 24.8 Å². The lowest BCUT2D eigenvalue weighted by Gasteiger charge is -2.31. The quantitative estimate of drug-likeness (QED) is 0.798. The minimum absolute atomic E-state index is 0.476. The van der Waals surface area contributed by atoms with Crippen molar-refractivity contribution in [3.05, 3.63) is 23.8 Å². The maximum atomic E-state index is 9.73. The molecular formula is C13H17NO. The van der Waals surface area contributed by atoms with Gasteiger partial charge >= 0.3 is 0 Å². The summed E-state index contributed by atoms with van der Waals surface area (Å²) >= 11 is 0. The summed E-state index contributed by atoms with van der Waals surface area (Å²) in [5.74, 6) is 1.38. The summed E-state index contributed by atoms with van der Waals surface area (Å²) in [6, 6.07) is 5.89. The van der Waals surface area contributed by atoms with Crippen LogP contribution in [0.15, 0.2) is 18.2 Å². The highest BCUT2D eigenvalue weighted by Crippen LogP contribution is 2.36. The second-order valence-corrected chi connectivity index (χ2v) is 4.77. The van der Waals surface area contributed by atoms with E-state index >= 15 is 0 Å². The molecule has 0 atom stereocenters. The number of phenols is 1. The van der Waals surface area contributed by atoms with E-state index in [9.17, 15) is 5.11 Å². The van der Waals surface area contributed by atoms with E-state index in [0.29, 0.717) is 5.75 Å². The highest BCUT2D eigenvalue weighted by molar-refractivity contribution is 5.62. The summed E-state index contributed by atoms with van der Waals surface area (Å²) in [7, 11) is 0. The van der Waals surface area contributed by atoms with Gasteiger partial charge in [0.2, 0.25) is 0 Å². The predicted molar refractivity (Wildman–Crippen MR) is 61.4 cm³/mol.